The Bertz CT molecular complexity index is 866. The lowest BCUT2D eigenvalue weighted by Gasteiger charge is -2.30. The van der Waals surface area contributed by atoms with E-state index in [2.05, 4.69) is 0 Å². The highest BCUT2D eigenvalue weighted by Gasteiger charge is 2.33. The van der Waals surface area contributed by atoms with Crippen LogP contribution < -0.4 is 4.31 Å². The highest BCUT2D eigenvalue weighted by atomic mass is 35.5. The molecule has 24 heavy (non-hydrogen) atoms. The number of hydrogen-bond donors (Lipinski definition) is 0. The SMILES string of the molecule is Cc1cccc(N(C(C)C(=O)Cl)S(=O)(=O)c2ccc(F)cc2)c1C. The first-order chi connectivity index (χ1) is 11.2. The number of hydrogen-bond acceptors (Lipinski definition) is 3. The zero-order chi connectivity index (χ0) is 18.1. The topological polar surface area (TPSA) is 54.5 Å². The van der Waals surface area contributed by atoms with Crippen molar-refractivity contribution in [1.29, 1.82) is 0 Å². The van der Waals surface area contributed by atoms with Crippen LogP contribution in [0.2, 0.25) is 0 Å². The molecule has 7 heteroatoms. The lowest BCUT2D eigenvalue weighted by atomic mass is 10.1. The molecular formula is C17H17ClFNO3S. The van der Waals surface area contributed by atoms with Crippen molar-refractivity contribution in [3.05, 3.63) is 59.4 Å². The molecule has 0 radical (unpaired) electrons. The molecule has 0 bridgehead atoms. The van der Waals surface area contributed by atoms with Gasteiger partial charge in [-0.1, -0.05) is 12.1 Å². The maximum atomic E-state index is 13.1. The third-order valence-corrected chi connectivity index (χ3v) is 6.08. The fourth-order valence-corrected chi connectivity index (χ4v) is 4.16. The van der Waals surface area contributed by atoms with Crippen LogP contribution in [0.4, 0.5) is 10.1 Å². The summed E-state index contributed by atoms with van der Waals surface area (Å²) in [5.41, 5.74) is 1.95. The minimum Gasteiger partial charge on any atom is -0.279 e. The second kappa shape index (κ2) is 6.91. The van der Waals surface area contributed by atoms with E-state index in [0.29, 0.717) is 11.3 Å². The highest BCUT2D eigenvalue weighted by Crippen LogP contribution is 2.31. The van der Waals surface area contributed by atoms with Crippen LogP contribution in [0.1, 0.15) is 18.1 Å². The van der Waals surface area contributed by atoms with Gasteiger partial charge in [0.2, 0.25) is 5.24 Å². The summed E-state index contributed by atoms with van der Waals surface area (Å²) in [6.07, 6.45) is 0. The molecule has 0 N–H and O–H groups in total. The van der Waals surface area contributed by atoms with Crippen LogP contribution in [0.15, 0.2) is 47.4 Å². The number of halogens is 2. The molecule has 1 atom stereocenters. The van der Waals surface area contributed by atoms with Crippen LogP contribution in [0.3, 0.4) is 0 Å². The van der Waals surface area contributed by atoms with Crippen LogP contribution in [-0.2, 0) is 14.8 Å². The molecule has 0 saturated carbocycles. The molecule has 4 nitrogen and oxygen atoms in total. The summed E-state index contributed by atoms with van der Waals surface area (Å²) in [6, 6.07) is 8.48. The van der Waals surface area contributed by atoms with Gasteiger partial charge in [0, 0.05) is 0 Å². The quantitative estimate of drug-likeness (QED) is 0.753. The van der Waals surface area contributed by atoms with Crippen molar-refractivity contribution < 1.29 is 17.6 Å². The smallest absolute Gasteiger partial charge is 0.265 e. The first-order valence-electron chi connectivity index (χ1n) is 7.22. The van der Waals surface area contributed by atoms with E-state index in [1.807, 2.05) is 13.0 Å². The Morgan fingerprint density at radius 2 is 1.71 bits per heavy atom. The average Bonchev–Trinajstić information content (AvgIpc) is 2.51. The predicted octanol–water partition coefficient (Wildman–Crippen LogP) is 3.79. The molecule has 2 aromatic carbocycles. The Morgan fingerprint density at radius 3 is 2.25 bits per heavy atom. The van der Waals surface area contributed by atoms with Gasteiger partial charge in [-0.2, -0.15) is 0 Å². The van der Waals surface area contributed by atoms with Crippen molar-refractivity contribution in [1.82, 2.24) is 0 Å². The largest absolute Gasteiger partial charge is 0.279 e. The molecule has 2 aromatic rings. The third-order valence-electron chi connectivity index (χ3n) is 3.86. The lowest BCUT2D eigenvalue weighted by Crippen LogP contribution is -2.42. The summed E-state index contributed by atoms with van der Waals surface area (Å²) in [5.74, 6) is -0.547. The molecule has 0 amide bonds. The summed E-state index contributed by atoms with van der Waals surface area (Å²) in [4.78, 5) is 11.6. The first kappa shape index (κ1) is 18.4. The molecule has 0 aromatic heterocycles. The zero-order valence-corrected chi connectivity index (χ0v) is 15.0. The molecule has 0 aliphatic carbocycles. The summed E-state index contributed by atoms with van der Waals surface area (Å²) < 4.78 is 40.2. The van der Waals surface area contributed by atoms with Gasteiger partial charge >= 0.3 is 0 Å². The summed E-state index contributed by atoms with van der Waals surface area (Å²) in [6.45, 7) is 5.02. The van der Waals surface area contributed by atoms with Gasteiger partial charge in [-0.25, -0.2) is 12.8 Å². The van der Waals surface area contributed by atoms with Crippen molar-refractivity contribution >= 4 is 32.6 Å². The number of carbonyl (C=O) groups is 1. The number of benzene rings is 2. The summed E-state index contributed by atoms with van der Waals surface area (Å²) >= 11 is 5.58. The van der Waals surface area contributed by atoms with Crippen molar-refractivity contribution in [2.75, 3.05) is 4.31 Å². The molecule has 0 aliphatic heterocycles. The molecule has 1 unspecified atom stereocenters. The second-order valence-electron chi connectivity index (χ2n) is 5.45. The van der Waals surface area contributed by atoms with E-state index in [-0.39, 0.29) is 4.90 Å². The van der Waals surface area contributed by atoms with Gasteiger partial charge in [-0.3, -0.25) is 9.10 Å². The Morgan fingerprint density at radius 1 is 1.12 bits per heavy atom. The number of anilines is 1. The van der Waals surface area contributed by atoms with Gasteiger partial charge in [-0.05, 0) is 73.8 Å². The fourth-order valence-electron chi connectivity index (χ4n) is 2.33. The summed E-state index contributed by atoms with van der Waals surface area (Å²) in [5, 5.41) is -0.804. The average molecular weight is 370 g/mol. The van der Waals surface area contributed by atoms with Crippen LogP contribution >= 0.6 is 11.6 Å². The van der Waals surface area contributed by atoms with Crippen molar-refractivity contribution in [2.24, 2.45) is 0 Å². The van der Waals surface area contributed by atoms with Crippen LogP contribution in [-0.4, -0.2) is 19.7 Å². The van der Waals surface area contributed by atoms with Crippen molar-refractivity contribution in [3.8, 4) is 0 Å². The number of sulfonamides is 1. The molecule has 0 aliphatic rings. The van der Waals surface area contributed by atoms with E-state index >= 15 is 0 Å². The van der Waals surface area contributed by atoms with Gasteiger partial charge in [0.15, 0.2) is 0 Å². The Balaban J connectivity index is 2.69. The molecule has 0 fully saturated rings. The number of rotatable bonds is 5. The molecule has 0 spiro atoms. The summed E-state index contributed by atoms with van der Waals surface area (Å²) in [7, 11) is -4.09. The Hall–Kier alpha value is -1.92. The van der Waals surface area contributed by atoms with E-state index in [1.165, 1.54) is 6.92 Å². The predicted molar refractivity (Wildman–Crippen MR) is 92.3 cm³/mol. The zero-order valence-electron chi connectivity index (χ0n) is 13.5. The molecule has 128 valence electrons. The minimum absolute atomic E-state index is 0.116. The van der Waals surface area contributed by atoms with E-state index in [1.54, 1.807) is 19.1 Å². The Labute approximate surface area is 145 Å². The second-order valence-corrected chi connectivity index (χ2v) is 7.64. The van der Waals surface area contributed by atoms with Gasteiger partial charge in [-0.15, -0.1) is 0 Å². The number of carbonyl (C=O) groups excluding carboxylic acids is 1. The molecular weight excluding hydrogens is 353 g/mol. The van der Waals surface area contributed by atoms with E-state index in [0.717, 1.165) is 34.1 Å². The maximum Gasteiger partial charge on any atom is 0.265 e. The van der Waals surface area contributed by atoms with Crippen LogP contribution in [0.25, 0.3) is 0 Å². The van der Waals surface area contributed by atoms with Gasteiger partial charge in [0.1, 0.15) is 11.9 Å². The van der Waals surface area contributed by atoms with E-state index in [4.69, 9.17) is 11.6 Å². The first-order valence-corrected chi connectivity index (χ1v) is 9.03. The maximum absolute atomic E-state index is 13.1. The van der Waals surface area contributed by atoms with Gasteiger partial charge in [0.05, 0.1) is 10.6 Å². The lowest BCUT2D eigenvalue weighted by molar-refractivity contribution is -0.112. The van der Waals surface area contributed by atoms with Gasteiger partial charge in [0.25, 0.3) is 10.0 Å². The Kier molecular flexibility index (Phi) is 5.30. The van der Waals surface area contributed by atoms with Gasteiger partial charge < -0.3 is 0 Å². The fraction of sp³-hybridized carbons (Fsp3) is 0.235. The normalized spacial score (nSPS) is 12.7. The third kappa shape index (κ3) is 3.44. The minimum atomic E-state index is -4.09. The van der Waals surface area contributed by atoms with E-state index in [9.17, 15) is 17.6 Å². The van der Waals surface area contributed by atoms with Crippen LogP contribution in [0.5, 0.6) is 0 Å². The monoisotopic (exact) mass is 369 g/mol. The number of aryl methyl sites for hydroxylation is 1. The highest BCUT2D eigenvalue weighted by molar-refractivity contribution is 7.93. The van der Waals surface area contributed by atoms with Crippen LogP contribution in [0, 0.1) is 19.7 Å². The van der Waals surface area contributed by atoms with E-state index < -0.39 is 27.1 Å². The molecule has 0 heterocycles. The standard InChI is InChI=1S/C17H17ClFNO3S/c1-11-5-4-6-16(12(11)2)20(13(3)17(18)21)24(22,23)15-9-7-14(19)8-10-15/h4-10,13H,1-3H3. The van der Waals surface area contributed by atoms with Crippen molar-refractivity contribution in [2.45, 2.75) is 31.7 Å². The van der Waals surface area contributed by atoms with Crippen molar-refractivity contribution in [3.63, 3.8) is 0 Å². The number of nitrogens with zero attached hydrogens (tertiary/aromatic N) is 1. The molecule has 2 rings (SSSR count). The molecule has 0 saturated heterocycles.